The van der Waals surface area contributed by atoms with Gasteiger partial charge in [-0.2, -0.15) is 0 Å². The maximum Gasteiger partial charge on any atom is 0.0955 e. The molecule has 96 valence electrons. The van der Waals surface area contributed by atoms with E-state index in [1.807, 2.05) is 19.6 Å². The summed E-state index contributed by atoms with van der Waals surface area (Å²) < 4.78 is 2.21. The molecule has 1 aromatic heterocycles. The largest absolute Gasteiger partial charge is 0.325 e. The van der Waals surface area contributed by atoms with Crippen LogP contribution in [0.25, 0.3) is 11.3 Å². The van der Waals surface area contributed by atoms with Crippen LogP contribution < -0.4 is 5.32 Å². The number of hydrogen-bond donors (Lipinski definition) is 1. The van der Waals surface area contributed by atoms with Gasteiger partial charge < -0.3 is 9.88 Å². The zero-order valence-electron chi connectivity index (χ0n) is 11.6. The van der Waals surface area contributed by atoms with E-state index in [2.05, 4.69) is 59.9 Å². The van der Waals surface area contributed by atoms with E-state index in [4.69, 9.17) is 0 Å². The molecule has 0 fully saturated rings. The molecule has 0 unspecified atom stereocenters. The molecule has 3 nitrogen and oxygen atoms in total. The van der Waals surface area contributed by atoms with Crippen molar-refractivity contribution in [2.45, 2.75) is 32.9 Å². The Hall–Kier alpha value is -1.61. The molecule has 2 rings (SSSR count). The summed E-state index contributed by atoms with van der Waals surface area (Å²) in [4.78, 5) is 4.27. The summed E-state index contributed by atoms with van der Waals surface area (Å²) in [5.41, 5.74) is 3.72. The van der Waals surface area contributed by atoms with Gasteiger partial charge in [0.15, 0.2) is 0 Å². The fraction of sp³-hybridized carbons (Fsp3) is 0.400. The molecule has 0 atom stereocenters. The third-order valence-corrected chi connectivity index (χ3v) is 2.99. The number of nitrogens with one attached hydrogen (secondary N) is 1. The van der Waals surface area contributed by atoms with Crippen LogP contribution in [-0.2, 0) is 12.1 Å². The highest BCUT2D eigenvalue weighted by Gasteiger charge is 2.16. The lowest BCUT2D eigenvalue weighted by Crippen LogP contribution is -2.21. The molecule has 1 heterocycles. The number of rotatable bonds is 3. The normalized spacial score (nSPS) is 11.8. The van der Waals surface area contributed by atoms with Gasteiger partial charge in [-0.05, 0) is 38.9 Å². The second-order valence-corrected chi connectivity index (χ2v) is 5.55. The summed E-state index contributed by atoms with van der Waals surface area (Å²) in [6.07, 6.45) is 3.83. The van der Waals surface area contributed by atoms with Crippen LogP contribution in [0.5, 0.6) is 0 Å². The molecule has 0 bridgehead atoms. The molecular formula is C15H21N3. The van der Waals surface area contributed by atoms with Gasteiger partial charge in [-0.3, -0.25) is 0 Å². The first kappa shape index (κ1) is 12.8. The van der Waals surface area contributed by atoms with Gasteiger partial charge in [0.2, 0.25) is 0 Å². The Morgan fingerprint density at radius 1 is 1.17 bits per heavy atom. The molecule has 1 N–H and O–H groups in total. The minimum Gasteiger partial charge on any atom is -0.325 e. The molecule has 3 heteroatoms. The van der Waals surface area contributed by atoms with Crippen LogP contribution in [0, 0.1) is 0 Å². The lowest BCUT2D eigenvalue weighted by Gasteiger charge is -2.23. The smallest absolute Gasteiger partial charge is 0.0955 e. The maximum atomic E-state index is 4.27. The van der Waals surface area contributed by atoms with Crippen molar-refractivity contribution in [2.75, 3.05) is 7.05 Å². The van der Waals surface area contributed by atoms with Gasteiger partial charge in [-0.25, -0.2) is 4.98 Å². The van der Waals surface area contributed by atoms with Crippen LogP contribution in [0.15, 0.2) is 36.8 Å². The van der Waals surface area contributed by atoms with Crippen LogP contribution in [-0.4, -0.2) is 16.6 Å². The number of benzene rings is 1. The van der Waals surface area contributed by atoms with Crippen LogP contribution >= 0.6 is 0 Å². The van der Waals surface area contributed by atoms with E-state index in [1.165, 1.54) is 16.8 Å². The molecule has 0 aliphatic rings. The van der Waals surface area contributed by atoms with Gasteiger partial charge >= 0.3 is 0 Å². The predicted octanol–water partition coefficient (Wildman–Crippen LogP) is 3.02. The fourth-order valence-electron chi connectivity index (χ4n) is 2.04. The molecule has 0 aliphatic carbocycles. The summed E-state index contributed by atoms with van der Waals surface area (Å²) in [6, 6.07) is 8.63. The van der Waals surface area contributed by atoms with Gasteiger partial charge in [-0.1, -0.05) is 24.3 Å². The van der Waals surface area contributed by atoms with Crippen molar-refractivity contribution in [1.82, 2.24) is 14.9 Å². The molecule has 0 saturated carbocycles. The summed E-state index contributed by atoms with van der Waals surface area (Å²) >= 11 is 0. The second-order valence-electron chi connectivity index (χ2n) is 5.55. The zero-order valence-corrected chi connectivity index (χ0v) is 11.6. The average molecular weight is 243 g/mol. The summed E-state index contributed by atoms with van der Waals surface area (Å²) in [5.74, 6) is 0. The first-order valence-corrected chi connectivity index (χ1v) is 6.29. The Balaban J connectivity index is 2.35. The number of hydrogen-bond acceptors (Lipinski definition) is 2. The zero-order chi connectivity index (χ0) is 13.2. The Morgan fingerprint density at radius 2 is 1.83 bits per heavy atom. The molecule has 18 heavy (non-hydrogen) atoms. The Morgan fingerprint density at radius 3 is 2.39 bits per heavy atom. The summed E-state index contributed by atoms with van der Waals surface area (Å²) in [7, 11) is 1.96. The SMILES string of the molecule is CNCc1ccc(-c2cncn2C(C)(C)C)cc1. The number of aromatic nitrogens is 2. The summed E-state index contributed by atoms with van der Waals surface area (Å²) in [6.45, 7) is 7.47. The molecule has 0 saturated heterocycles. The first-order chi connectivity index (χ1) is 8.52. The Bertz CT molecular complexity index is 503. The average Bonchev–Trinajstić information content (AvgIpc) is 2.79. The van der Waals surface area contributed by atoms with E-state index < -0.39 is 0 Å². The third kappa shape index (κ3) is 2.62. The molecule has 0 radical (unpaired) electrons. The van der Waals surface area contributed by atoms with Crippen molar-refractivity contribution in [1.29, 1.82) is 0 Å². The van der Waals surface area contributed by atoms with Crippen LogP contribution in [0.4, 0.5) is 0 Å². The Labute approximate surface area is 109 Å². The molecule has 0 amide bonds. The maximum absolute atomic E-state index is 4.27. The van der Waals surface area contributed by atoms with Crippen LogP contribution in [0.1, 0.15) is 26.3 Å². The van der Waals surface area contributed by atoms with E-state index in [9.17, 15) is 0 Å². The lowest BCUT2D eigenvalue weighted by molar-refractivity contribution is 0.400. The predicted molar refractivity (Wildman–Crippen MR) is 75.4 cm³/mol. The minimum atomic E-state index is 0.0511. The van der Waals surface area contributed by atoms with Gasteiger partial charge in [-0.15, -0.1) is 0 Å². The van der Waals surface area contributed by atoms with Gasteiger partial charge in [0, 0.05) is 12.1 Å². The van der Waals surface area contributed by atoms with Crippen LogP contribution in [0.2, 0.25) is 0 Å². The lowest BCUT2D eigenvalue weighted by atomic mass is 10.1. The van der Waals surface area contributed by atoms with Crippen molar-refractivity contribution in [2.24, 2.45) is 0 Å². The van der Waals surface area contributed by atoms with E-state index >= 15 is 0 Å². The van der Waals surface area contributed by atoms with Crippen LogP contribution in [0.3, 0.4) is 0 Å². The van der Waals surface area contributed by atoms with E-state index in [-0.39, 0.29) is 5.54 Å². The van der Waals surface area contributed by atoms with Crippen molar-refractivity contribution in [3.8, 4) is 11.3 Å². The van der Waals surface area contributed by atoms with Gasteiger partial charge in [0.1, 0.15) is 0 Å². The van der Waals surface area contributed by atoms with Crippen molar-refractivity contribution >= 4 is 0 Å². The molecule has 0 aliphatic heterocycles. The molecule has 1 aromatic carbocycles. The highest BCUT2D eigenvalue weighted by molar-refractivity contribution is 5.59. The van der Waals surface area contributed by atoms with E-state index in [1.54, 1.807) is 0 Å². The van der Waals surface area contributed by atoms with E-state index in [0.717, 1.165) is 6.54 Å². The number of nitrogens with zero attached hydrogens (tertiary/aromatic N) is 2. The highest BCUT2D eigenvalue weighted by Crippen LogP contribution is 2.25. The van der Waals surface area contributed by atoms with Gasteiger partial charge in [0.25, 0.3) is 0 Å². The molecular weight excluding hydrogens is 222 g/mol. The van der Waals surface area contributed by atoms with E-state index in [0.29, 0.717) is 0 Å². The third-order valence-electron chi connectivity index (χ3n) is 2.99. The topological polar surface area (TPSA) is 29.9 Å². The summed E-state index contributed by atoms with van der Waals surface area (Å²) in [5, 5.41) is 3.16. The molecule has 2 aromatic rings. The van der Waals surface area contributed by atoms with Gasteiger partial charge in [0.05, 0.1) is 18.2 Å². The van der Waals surface area contributed by atoms with Crippen molar-refractivity contribution in [3.63, 3.8) is 0 Å². The number of imidazole rings is 1. The monoisotopic (exact) mass is 243 g/mol. The fourth-order valence-corrected chi connectivity index (χ4v) is 2.04. The van der Waals surface area contributed by atoms with Crippen molar-refractivity contribution < 1.29 is 0 Å². The second kappa shape index (κ2) is 4.94. The molecule has 0 spiro atoms. The quantitative estimate of drug-likeness (QED) is 0.898. The highest BCUT2D eigenvalue weighted by atomic mass is 15.1. The van der Waals surface area contributed by atoms with Crippen molar-refractivity contribution in [3.05, 3.63) is 42.4 Å². The standard InChI is InChI=1S/C15H21N3/c1-15(2,3)18-11-17-10-14(18)13-7-5-12(6-8-13)9-16-4/h5-8,10-11,16H,9H2,1-4H3. The Kier molecular flexibility index (Phi) is 3.53. The first-order valence-electron chi connectivity index (χ1n) is 6.29. The minimum absolute atomic E-state index is 0.0511.